The number of ether oxygens (including phenoxy) is 5. The molecule has 0 aliphatic carbocycles. The highest BCUT2D eigenvalue weighted by atomic mass is 35.5. The Morgan fingerprint density at radius 1 is 1.31 bits per heavy atom. The first kappa shape index (κ1) is 21.1. The summed E-state index contributed by atoms with van der Waals surface area (Å²) >= 11 is 5.57. The average molecular weight is 394 g/mol. The van der Waals surface area contributed by atoms with Crippen molar-refractivity contribution in [3.05, 3.63) is 12.2 Å². The first-order valence-electron chi connectivity index (χ1n) is 7.96. The molecule has 9 nitrogen and oxygen atoms in total. The Morgan fingerprint density at radius 3 is 2.35 bits per heavy atom. The summed E-state index contributed by atoms with van der Waals surface area (Å²) in [5.41, 5.74) is -1.63. The molecule has 10 heteroatoms. The van der Waals surface area contributed by atoms with Gasteiger partial charge in [0, 0.05) is 25.8 Å². The Kier molecular flexibility index (Phi) is 5.73. The topological polar surface area (TPSA) is 104 Å². The van der Waals surface area contributed by atoms with E-state index in [0.29, 0.717) is 0 Å². The smallest absolute Gasteiger partial charge is 0.432 e. The van der Waals surface area contributed by atoms with E-state index in [-0.39, 0.29) is 23.2 Å². The van der Waals surface area contributed by atoms with E-state index in [1.807, 2.05) is 0 Å². The van der Waals surface area contributed by atoms with Gasteiger partial charge in [-0.25, -0.2) is 4.79 Å². The van der Waals surface area contributed by atoms with Crippen LogP contribution in [-0.4, -0.2) is 71.2 Å². The van der Waals surface area contributed by atoms with E-state index in [2.05, 4.69) is 6.58 Å². The van der Waals surface area contributed by atoms with Crippen molar-refractivity contribution in [3.8, 4) is 0 Å². The predicted molar refractivity (Wildman–Crippen MR) is 89.0 cm³/mol. The summed E-state index contributed by atoms with van der Waals surface area (Å²) in [6.07, 6.45) is -3.29. The van der Waals surface area contributed by atoms with Crippen LogP contribution in [0.25, 0.3) is 0 Å². The third kappa shape index (κ3) is 3.35. The van der Waals surface area contributed by atoms with Crippen molar-refractivity contribution in [2.24, 2.45) is 0 Å². The Bertz CT molecular complexity index is 611. The minimum Gasteiger partial charge on any atom is -0.440 e. The average Bonchev–Trinajstić information content (AvgIpc) is 2.86. The third-order valence-corrected chi connectivity index (χ3v) is 4.80. The quantitative estimate of drug-likeness (QED) is 0.565. The van der Waals surface area contributed by atoms with Crippen LogP contribution >= 0.6 is 11.8 Å². The molecule has 4 atom stereocenters. The van der Waals surface area contributed by atoms with Crippen molar-refractivity contribution in [1.29, 1.82) is 0 Å². The van der Waals surface area contributed by atoms with Gasteiger partial charge in [0.1, 0.15) is 12.7 Å². The highest BCUT2D eigenvalue weighted by molar-refractivity contribution is 6.28. The molecule has 0 saturated carbocycles. The fourth-order valence-corrected chi connectivity index (χ4v) is 3.21. The number of hydrogen-bond donors (Lipinski definition) is 1. The van der Waals surface area contributed by atoms with Crippen LogP contribution in [0.15, 0.2) is 12.2 Å². The first-order valence-corrected chi connectivity index (χ1v) is 8.30. The van der Waals surface area contributed by atoms with Gasteiger partial charge in [-0.05, 0) is 26.3 Å². The fourth-order valence-electron chi connectivity index (χ4n) is 3.17. The zero-order valence-electron chi connectivity index (χ0n) is 15.4. The van der Waals surface area contributed by atoms with Gasteiger partial charge < -0.3 is 28.8 Å². The van der Waals surface area contributed by atoms with Crippen LogP contribution in [0.5, 0.6) is 0 Å². The SMILES string of the molecule is C=C(C)[C@@]1(O)[C@H](OC)[C@H](OC(=O)N(Cl)C(C)=O)CO[C@]12COC(C)(C)O2. The number of hydrogen-bond acceptors (Lipinski definition) is 8. The molecule has 0 radical (unpaired) electrons. The number of amides is 2. The molecule has 0 aromatic carbocycles. The predicted octanol–water partition coefficient (Wildman–Crippen LogP) is 1.33. The van der Waals surface area contributed by atoms with Gasteiger partial charge in [-0.3, -0.25) is 4.79 Å². The van der Waals surface area contributed by atoms with Gasteiger partial charge in [-0.1, -0.05) is 6.58 Å². The fraction of sp³-hybridized carbons (Fsp3) is 0.750. The molecule has 148 valence electrons. The van der Waals surface area contributed by atoms with Gasteiger partial charge in [-0.2, -0.15) is 4.42 Å². The summed E-state index contributed by atoms with van der Waals surface area (Å²) in [6.45, 7) is 9.58. The minimum absolute atomic E-state index is 0.0844. The molecule has 0 bridgehead atoms. The van der Waals surface area contributed by atoms with Gasteiger partial charge in [0.15, 0.2) is 17.5 Å². The number of halogens is 1. The molecule has 2 aliphatic rings. The van der Waals surface area contributed by atoms with E-state index in [0.717, 1.165) is 6.92 Å². The Balaban J connectivity index is 2.34. The molecular formula is C16H24ClNO8. The van der Waals surface area contributed by atoms with E-state index in [1.54, 1.807) is 20.8 Å². The maximum absolute atomic E-state index is 12.0. The van der Waals surface area contributed by atoms with E-state index in [1.165, 1.54) is 7.11 Å². The maximum atomic E-state index is 12.0. The van der Waals surface area contributed by atoms with Gasteiger partial charge in [0.25, 0.3) is 0 Å². The molecule has 0 aromatic rings. The van der Waals surface area contributed by atoms with E-state index in [4.69, 9.17) is 35.5 Å². The number of carbonyl (C=O) groups is 2. The van der Waals surface area contributed by atoms with Crippen LogP contribution in [0.4, 0.5) is 4.79 Å². The van der Waals surface area contributed by atoms with E-state index >= 15 is 0 Å². The van der Waals surface area contributed by atoms with Gasteiger partial charge in [-0.15, -0.1) is 0 Å². The van der Waals surface area contributed by atoms with Crippen molar-refractivity contribution in [1.82, 2.24) is 4.42 Å². The van der Waals surface area contributed by atoms with Crippen LogP contribution in [-0.2, 0) is 28.5 Å². The molecule has 2 heterocycles. The molecule has 2 aliphatic heterocycles. The molecular weight excluding hydrogens is 370 g/mol. The number of aliphatic hydroxyl groups is 1. The maximum Gasteiger partial charge on any atom is 0.432 e. The lowest BCUT2D eigenvalue weighted by Gasteiger charge is -2.52. The van der Waals surface area contributed by atoms with Crippen LogP contribution in [0.3, 0.4) is 0 Å². The lowest BCUT2D eigenvalue weighted by molar-refractivity contribution is -0.368. The normalized spacial score (nSPS) is 36.0. The zero-order valence-corrected chi connectivity index (χ0v) is 16.2. The molecule has 0 aromatic heterocycles. The van der Waals surface area contributed by atoms with Gasteiger partial charge in [0.2, 0.25) is 11.7 Å². The van der Waals surface area contributed by atoms with Crippen molar-refractivity contribution in [2.75, 3.05) is 20.3 Å². The van der Waals surface area contributed by atoms with Crippen molar-refractivity contribution in [3.63, 3.8) is 0 Å². The molecule has 2 amide bonds. The standard InChI is InChI=1S/C16H24ClNO8/c1-9(2)16(21)12(22-6)11(25-13(20)18(17)10(3)19)7-23-15(16)8-24-14(4,5)26-15/h11-12,21H,1,7-8H2,2-6H3/t11-,12-,15+,16-/m1/s1. The molecule has 2 fully saturated rings. The van der Waals surface area contributed by atoms with E-state index < -0.39 is 41.4 Å². The van der Waals surface area contributed by atoms with Crippen molar-refractivity contribution >= 4 is 23.8 Å². The molecule has 0 unspecified atom stereocenters. The van der Waals surface area contributed by atoms with Crippen LogP contribution in [0, 0.1) is 0 Å². The zero-order chi connectivity index (χ0) is 19.9. The van der Waals surface area contributed by atoms with Crippen molar-refractivity contribution in [2.45, 2.75) is 57.1 Å². The Morgan fingerprint density at radius 2 is 1.92 bits per heavy atom. The minimum atomic E-state index is -1.90. The van der Waals surface area contributed by atoms with Crippen LogP contribution in [0.2, 0.25) is 0 Å². The number of methoxy groups -OCH3 is 1. The molecule has 2 saturated heterocycles. The number of rotatable bonds is 3. The summed E-state index contributed by atoms with van der Waals surface area (Å²) in [5, 5.41) is 11.5. The lowest BCUT2D eigenvalue weighted by atomic mass is 9.77. The number of carbonyl (C=O) groups excluding carboxylic acids is 2. The summed E-state index contributed by atoms with van der Waals surface area (Å²) in [6, 6.07) is 0. The van der Waals surface area contributed by atoms with Crippen molar-refractivity contribution < 1.29 is 38.4 Å². The van der Waals surface area contributed by atoms with Gasteiger partial charge in [0.05, 0.1) is 6.61 Å². The number of nitrogens with zero attached hydrogens (tertiary/aromatic N) is 1. The Hall–Kier alpha value is -1.23. The van der Waals surface area contributed by atoms with Gasteiger partial charge >= 0.3 is 6.09 Å². The third-order valence-electron chi connectivity index (χ3n) is 4.42. The highest BCUT2D eigenvalue weighted by Gasteiger charge is 2.68. The van der Waals surface area contributed by atoms with Crippen LogP contribution in [0.1, 0.15) is 27.7 Å². The highest BCUT2D eigenvalue weighted by Crippen LogP contribution is 2.48. The first-order chi connectivity index (χ1) is 11.9. The summed E-state index contributed by atoms with van der Waals surface area (Å²) in [7, 11) is 1.34. The molecule has 1 N–H and O–H groups in total. The second-order valence-corrected chi connectivity index (χ2v) is 7.12. The molecule has 26 heavy (non-hydrogen) atoms. The number of imide groups is 1. The summed E-state index contributed by atoms with van der Waals surface area (Å²) in [5.74, 6) is -3.32. The lowest BCUT2D eigenvalue weighted by Crippen LogP contribution is -2.72. The van der Waals surface area contributed by atoms with Crippen LogP contribution < -0.4 is 0 Å². The second kappa shape index (κ2) is 7.06. The molecule has 1 spiro atoms. The van der Waals surface area contributed by atoms with E-state index in [9.17, 15) is 14.7 Å². The Labute approximate surface area is 156 Å². The largest absolute Gasteiger partial charge is 0.440 e. The summed E-state index contributed by atoms with van der Waals surface area (Å²) < 4.78 is 28.1. The summed E-state index contributed by atoms with van der Waals surface area (Å²) in [4.78, 5) is 23.2. The second-order valence-electron chi connectivity index (χ2n) is 6.78. The monoisotopic (exact) mass is 393 g/mol. The molecule has 2 rings (SSSR count).